The maximum atomic E-state index is 13.1. The van der Waals surface area contributed by atoms with Crippen LogP contribution in [-0.4, -0.2) is 26.3 Å². The van der Waals surface area contributed by atoms with E-state index in [1.54, 1.807) is 6.92 Å². The van der Waals surface area contributed by atoms with Crippen LogP contribution in [0, 0.1) is 6.92 Å². The summed E-state index contributed by atoms with van der Waals surface area (Å²) in [6.45, 7) is 3.56. The van der Waals surface area contributed by atoms with E-state index in [4.69, 9.17) is 0 Å². The molecule has 0 radical (unpaired) electrons. The number of carbonyl (C=O) groups is 1. The molecule has 0 aliphatic carbocycles. The predicted octanol–water partition coefficient (Wildman–Crippen LogP) is 4.92. The molecule has 0 saturated heterocycles. The van der Waals surface area contributed by atoms with Crippen molar-refractivity contribution >= 4 is 23.4 Å². The number of nitrogens with one attached hydrogen (secondary N) is 2. The Morgan fingerprint density at radius 1 is 1.14 bits per heavy atom. The molecule has 9 heteroatoms. The average Bonchev–Trinajstić information content (AvgIpc) is 3.10. The number of rotatable bonds is 5. The maximum absolute atomic E-state index is 13.1. The zero-order chi connectivity index (χ0) is 20.3. The Balaban J connectivity index is 1.68. The molecule has 5 nitrogen and oxygen atoms in total. The number of halogens is 3. The summed E-state index contributed by atoms with van der Waals surface area (Å²) in [7, 11) is 0. The number of H-pyrrole nitrogens is 1. The molecule has 2 aromatic carbocycles. The Bertz CT molecular complexity index is 970. The summed E-state index contributed by atoms with van der Waals surface area (Å²) in [4.78, 5) is 16.7. The highest BCUT2D eigenvalue weighted by atomic mass is 32.2. The maximum Gasteiger partial charge on any atom is 0.418 e. The summed E-state index contributed by atoms with van der Waals surface area (Å²) >= 11 is 1.06. The first kappa shape index (κ1) is 19.9. The Morgan fingerprint density at radius 2 is 1.82 bits per heavy atom. The second-order valence-electron chi connectivity index (χ2n) is 6.13. The molecule has 0 aliphatic heterocycles. The van der Waals surface area contributed by atoms with E-state index < -0.39 is 22.9 Å². The Morgan fingerprint density at radius 3 is 2.50 bits per heavy atom. The number of anilines is 1. The second kappa shape index (κ2) is 8.05. The Labute approximate surface area is 163 Å². The number of para-hydroxylation sites is 1. The summed E-state index contributed by atoms with van der Waals surface area (Å²) in [5, 5.41) is 8.85. The van der Waals surface area contributed by atoms with Crippen LogP contribution in [0.5, 0.6) is 0 Å². The van der Waals surface area contributed by atoms with Crippen molar-refractivity contribution in [1.29, 1.82) is 0 Å². The lowest BCUT2D eigenvalue weighted by atomic mass is 10.1. The lowest BCUT2D eigenvalue weighted by Gasteiger charge is -2.15. The molecule has 1 heterocycles. The molecular weight excluding hydrogens is 389 g/mol. The summed E-state index contributed by atoms with van der Waals surface area (Å²) in [5.74, 6) is -0.0130. The summed E-state index contributed by atoms with van der Waals surface area (Å²) in [5.41, 5.74) is 0.798. The quantitative estimate of drug-likeness (QED) is 0.590. The van der Waals surface area contributed by atoms with E-state index in [1.165, 1.54) is 18.2 Å². The minimum Gasteiger partial charge on any atom is -0.325 e. The number of aromatic amines is 1. The molecular formula is C19H17F3N4OS. The van der Waals surface area contributed by atoms with Gasteiger partial charge in [-0.1, -0.05) is 53.7 Å². The molecule has 3 aromatic rings. The van der Waals surface area contributed by atoms with E-state index in [-0.39, 0.29) is 5.69 Å². The van der Waals surface area contributed by atoms with Crippen LogP contribution in [0.4, 0.5) is 18.9 Å². The first-order valence-electron chi connectivity index (χ1n) is 8.37. The van der Waals surface area contributed by atoms with Gasteiger partial charge in [0.05, 0.1) is 16.5 Å². The van der Waals surface area contributed by atoms with Gasteiger partial charge in [-0.25, -0.2) is 4.98 Å². The van der Waals surface area contributed by atoms with Gasteiger partial charge in [-0.05, 0) is 26.0 Å². The fraction of sp³-hybridized carbons (Fsp3) is 0.211. The van der Waals surface area contributed by atoms with Crippen molar-refractivity contribution in [1.82, 2.24) is 15.2 Å². The van der Waals surface area contributed by atoms with Crippen LogP contribution >= 0.6 is 11.8 Å². The summed E-state index contributed by atoms with van der Waals surface area (Å²) in [6, 6.07) is 12.5. The lowest BCUT2D eigenvalue weighted by Crippen LogP contribution is -2.24. The van der Waals surface area contributed by atoms with Crippen LogP contribution in [0.25, 0.3) is 11.4 Å². The molecule has 2 N–H and O–H groups in total. The van der Waals surface area contributed by atoms with Gasteiger partial charge in [-0.3, -0.25) is 9.89 Å². The van der Waals surface area contributed by atoms with Crippen LogP contribution in [0.15, 0.2) is 53.7 Å². The third kappa shape index (κ3) is 4.72. The highest BCUT2D eigenvalue weighted by Gasteiger charge is 2.34. The van der Waals surface area contributed by atoms with Crippen LogP contribution in [0.3, 0.4) is 0 Å². The topological polar surface area (TPSA) is 70.7 Å². The molecule has 146 valence electrons. The highest BCUT2D eigenvalue weighted by Crippen LogP contribution is 2.35. The fourth-order valence-corrected chi connectivity index (χ4v) is 3.15. The van der Waals surface area contributed by atoms with E-state index in [0.717, 1.165) is 29.0 Å². The molecule has 3 rings (SSSR count). The minimum atomic E-state index is -4.55. The van der Waals surface area contributed by atoms with Crippen LogP contribution < -0.4 is 5.32 Å². The van der Waals surface area contributed by atoms with Crippen molar-refractivity contribution in [2.24, 2.45) is 0 Å². The SMILES string of the molecule is Cc1ccc(-c2nc(S[C@H](C)C(=O)Nc3ccccc3C(F)(F)F)n[nH]2)cc1. The van der Waals surface area contributed by atoms with E-state index in [0.29, 0.717) is 11.0 Å². The van der Waals surface area contributed by atoms with Crippen LogP contribution in [0.1, 0.15) is 18.1 Å². The normalized spacial score (nSPS) is 12.6. The van der Waals surface area contributed by atoms with Gasteiger partial charge in [-0.15, -0.1) is 5.10 Å². The van der Waals surface area contributed by atoms with Gasteiger partial charge >= 0.3 is 6.18 Å². The molecule has 1 aromatic heterocycles. The minimum absolute atomic E-state index is 0.275. The molecule has 0 fully saturated rings. The molecule has 0 saturated carbocycles. The van der Waals surface area contributed by atoms with Gasteiger partial charge in [-0.2, -0.15) is 13.2 Å². The third-order valence-corrected chi connectivity index (χ3v) is 4.89. The van der Waals surface area contributed by atoms with Gasteiger partial charge in [0.25, 0.3) is 0 Å². The largest absolute Gasteiger partial charge is 0.418 e. The second-order valence-corrected chi connectivity index (χ2v) is 7.43. The molecule has 1 atom stereocenters. The van der Waals surface area contributed by atoms with Crippen molar-refractivity contribution in [2.45, 2.75) is 30.4 Å². The predicted molar refractivity (Wildman–Crippen MR) is 102 cm³/mol. The molecule has 28 heavy (non-hydrogen) atoms. The van der Waals surface area contributed by atoms with Gasteiger partial charge in [0, 0.05) is 5.56 Å². The standard InChI is InChI=1S/C19H17F3N4OS/c1-11-7-9-13(10-8-11)16-24-18(26-25-16)28-12(2)17(27)23-15-6-4-3-5-14(15)19(20,21)22/h3-10,12H,1-2H3,(H,23,27)(H,24,25,26)/t12-/m1/s1. The first-order chi connectivity index (χ1) is 13.2. The number of hydrogen-bond donors (Lipinski definition) is 2. The Kier molecular flexibility index (Phi) is 5.73. The average molecular weight is 406 g/mol. The van der Waals surface area contributed by atoms with Crippen molar-refractivity contribution in [2.75, 3.05) is 5.32 Å². The number of carbonyl (C=O) groups excluding carboxylic acids is 1. The zero-order valence-electron chi connectivity index (χ0n) is 15.0. The number of nitrogens with zero attached hydrogens (tertiary/aromatic N) is 2. The number of amides is 1. The summed E-state index contributed by atoms with van der Waals surface area (Å²) < 4.78 is 39.2. The van der Waals surface area contributed by atoms with Gasteiger partial charge < -0.3 is 5.32 Å². The monoisotopic (exact) mass is 406 g/mol. The van der Waals surface area contributed by atoms with E-state index in [1.807, 2.05) is 31.2 Å². The fourth-order valence-electron chi connectivity index (χ4n) is 2.42. The van der Waals surface area contributed by atoms with Crippen molar-refractivity contribution in [3.63, 3.8) is 0 Å². The smallest absolute Gasteiger partial charge is 0.325 e. The molecule has 0 bridgehead atoms. The molecule has 1 amide bonds. The molecule has 0 spiro atoms. The number of thioether (sulfide) groups is 1. The van der Waals surface area contributed by atoms with Gasteiger partial charge in [0.1, 0.15) is 0 Å². The van der Waals surface area contributed by atoms with E-state index in [2.05, 4.69) is 20.5 Å². The van der Waals surface area contributed by atoms with Gasteiger partial charge in [0.2, 0.25) is 11.1 Å². The number of benzene rings is 2. The molecule has 0 aliphatic rings. The molecule has 0 unspecified atom stereocenters. The van der Waals surface area contributed by atoms with Crippen molar-refractivity contribution in [3.8, 4) is 11.4 Å². The number of alkyl halides is 3. The number of aryl methyl sites for hydroxylation is 1. The van der Waals surface area contributed by atoms with Crippen molar-refractivity contribution in [3.05, 3.63) is 59.7 Å². The highest BCUT2D eigenvalue weighted by molar-refractivity contribution is 8.00. The number of hydrogen-bond acceptors (Lipinski definition) is 4. The van der Waals surface area contributed by atoms with E-state index >= 15 is 0 Å². The first-order valence-corrected chi connectivity index (χ1v) is 9.25. The van der Waals surface area contributed by atoms with Crippen molar-refractivity contribution < 1.29 is 18.0 Å². The number of aromatic nitrogens is 3. The van der Waals surface area contributed by atoms with Gasteiger partial charge in [0.15, 0.2) is 5.82 Å². The lowest BCUT2D eigenvalue weighted by molar-refractivity contribution is -0.137. The zero-order valence-corrected chi connectivity index (χ0v) is 15.9. The third-order valence-electron chi connectivity index (χ3n) is 3.93. The Hall–Kier alpha value is -2.81. The summed E-state index contributed by atoms with van der Waals surface area (Å²) in [6.07, 6.45) is -4.55. The van der Waals surface area contributed by atoms with Crippen LogP contribution in [-0.2, 0) is 11.0 Å². The van der Waals surface area contributed by atoms with E-state index in [9.17, 15) is 18.0 Å². The van der Waals surface area contributed by atoms with Crippen LogP contribution in [0.2, 0.25) is 0 Å².